The monoisotopic (exact) mass is 213 g/mol. The number of ether oxygens (including phenoxy) is 1. The molecule has 15 heavy (non-hydrogen) atoms. The number of carbonyl (C=O) groups excluding carboxylic acids is 1. The van der Waals surface area contributed by atoms with E-state index in [9.17, 15) is 4.79 Å². The molecule has 2 fully saturated rings. The molecule has 5 nitrogen and oxygen atoms in total. The van der Waals surface area contributed by atoms with Crippen LogP contribution in [0.1, 0.15) is 19.3 Å². The highest BCUT2D eigenvalue weighted by Crippen LogP contribution is 2.36. The normalized spacial score (nSPS) is 33.5. The van der Waals surface area contributed by atoms with Crippen molar-refractivity contribution >= 4 is 6.03 Å². The number of nitrogens with zero attached hydrogens (tertiary/aromatic N) is 1. The number of nitrogens with one attached hydrogen (secondary N) is 1. The molecule has 2 saturated heterocycles. The number of fused-ring (bicyclic) bond motifs is 2. The van der Waals surface area contributed by atoms with E-state index in [1.807, 2.05) is 4.90 Å². The minimum absolute atomic E-state index is 0.0208. The average molecular weight is 213 g/mol. The zero-order chi connectivity index (χ0) is 10.8. The lowest BCUT2D eigenvalue weighted by molar-refractivity contribution is 0.175. The summed E-state index contributed by atoms with van der Waals surface area (Å²) in [6.45, 7) is 1.13. The molecule has 3 atom stereocenters. The first kappa shape index (κ1) is 10.7. The van der Waals surface area contributed by atoms with Gasteiger partial charge in [-0.15, -0.1) is 0 Å². The SMILES string of the molecule is COCCNC(=O)N1C2CCC1C(N)C2. The molecule has 3 unspecified atom stereocenters. The quantitative estimate of drug-likeness (QED) is 0.644. The van der Waals surface area contributed by atoms with Gasteiger partial charge in [-0.25, -0.2) is 4.79 Å². The highest BCUT2D eigenvalue weighted by Gasteiger charge is 2.46. The summed E-state index contributed by atoms with van der Waals surface area (Å²) in [6.07, 6.45) is 3.13. The molecular weight excluding hydrogens is 194 g/mol. The lowest BCUT2D eigenvalue weighted by atomic mass is 9.97. The number of rotatable bonds is 3. The molecule has 2 heterocycles. The smallest absolute Gasteiger partial charge is 0.318 e. The van der Waals surface area contributed by atoms with Gasteiger partial charge in [0.05, 0.1) is 6.61 Å². The van der Waals surface area contributed by atoms with E-state index in [0.29, 0.717) is 19.2 Å². The van der Waals surface area contributed by atoms with Crippen molar-refractivity contribution in [3.8, 4) is 0 Å². The molecule has 2 bridgehead atoms. The fourth-order valence-corrected chi connectivity index (χ4v) is 2.70. The van der Waals surface area contributed by atoms with E-state index in [2.05, 4.69) is 5.32 Å². The number of amides is 2. The Kier molecular flexibility index (Phi) is 3.11. The third kappa shape index (κ3) is 1.94. The van der Waals surface area contributed by atoms with E-state index in [1.54, 1.807) is 7.11 Å². The number of urea groups is 1. The number of methoxy groups -OCH3 is 1. The molecule has 0 aromatic heterocycles. The van der Waals surface area contributed by atoms with Crippen LogP contribution in [0.25, 0.3) is 0 Å². The zero-order valence-electron chi connectivity index (χ0n) is 9.11. The van der Waals surface area contributed by atoms with Gasteiger partial charge in [0, 0.05) is 31.8 Å². The standard InChI is InChI=1S/C10H19N3O2/c1-15-5-4-12-10(14)13-7-2-3-9(13)8(11)6-7/h7-9H,2-6,11H2,1H3,(H,12,14). The topological polar surface area (TPSA) is 67.6 Å². The second-order valence-electron chi connectivity index (χ2n) is 4.33. The molecular formula is C10H19N3O2. The summed E-state index contributed by atoms with van der Waals surface area (Å²) in [7, 11) is 1.63. The minimum Gasteiger partial charge on any atom is -0.383 e. The number of hydrogen-bond donors (Lipinski definition) is 2. The third-order valence-electron chi connectivity index (χ3n) is 3.40. The van der Waals surface area contributed by atoms with E-state index in [4.69, 9.17) is 10.5 Å². The van der Waals surface area contributed by atoms with Gasteiger partial charge in [-0.3, -0.25) is 0 Å². The molecule has 2 aliphatic rings. The predicted molar refractivity (Wildman–Crippen MR) is 56.5 cm³/mol. The maximum Gasteiger partial charge on any atom is 0.318 e. The van der Waals surface area contributed by atoms with Gasteiger partial charge in [0.2, 0.25) is 0 Å². The van der Waals surface area contributed by atoms with E-state index < -0.39 is 0 Å². The molecule has 2 rings (SSSR count). The molecule has 0 spiro atoms. The first-order chi connectivity index (χ1) is 7.24. The fraction of sp³-hybridized carbons (Fsp3) is 0.900. The van der Waals surface area contributed by atoms with Crippen LogP contribution in [0, 0.1) is 0 Å². The van der Waals surface area contributed by atoms with Gasteiger partial charge in [0.15, 0.2) is 0 Å². The Morgan fingerprint density at radius 2 is 2.40 bits per heavy atom. The fourth-order valence-electron chi connectivity index (χ4n) is 2.70. The first-order valence-electron chi connectivity index (χ1n) is 5.54. The predicted octanol–water partition coefficient (Wildman–Crippen LogP) is -0.0936. The van der Waals surface area contributed by atoms with Gasteiger partial charge in [-0.2, -0.15) is 0 Å². The summed E-state index contributed by atoms with van der Waals surface area (Å²) in [6, 6.07) is 0.828. The Balaban J connectivity index is 1.86. The molecule has 3 N–H and O–H groups in total. The Bertz CT molecular complexity index is 247. The van der Waals surface area contributed by atoms with Gasteiger partial charge in [0.25, 0.3) is 0 Å². The van der Waals surface area contributed by atoms with Gasteiger partial charge in [-0.1, -0.05) is 0 Å². The van der Waals surface area contributed by atoms with E-state index in [0.717, 1.165) is 19.3 Å². The number of carbonyl (C=O) groups is 1. The molecule has 2 amide bonds. The molecule has 0 aromatic rings. The van der Waals surface area contributed by atoms with Crippen LogP contribution in [-0.4, -0.2) is 49.3 Å². The van der Waals surface area contributed by atoms with Crippen LogP contribution >= 0.6 is 0 Å². The Morgan fingerprint density at radius 1 is 1.60 bits per heavy atom. The van der Waals surface area contributed by atoms with Crippen LogP contribution in [0.5, 0.6) is 0 Å². The molecule has 0 radical (unpaired) electrons. The number of nitrogens with two attached hydrogens (primary N) is 1. The van der Waals surface area contributed by atoms with Crippen molar-refractivity contribution in [1.82, 2.24) is 10.2 Å². The Hall–Kier alpha value is -0.810. The maximum absolute atomic E-state index is 11.8. The van der Waals surface area contributed by atoms with Gasteiger partial charge in [0.1, 0.15) is 0 Å². The largest absolute Gasteiger partial charge is 0.383 e. The van der Waals surface area contributed by atoms with Crippen LogP contribution in [-0.2, 0) is 4.74 Å². The van der Waals surface area contributed by atoms with E-state index in [-0.39, 0.29) is 18.1 Å². The van der Waals surface area contributed by atoms with E-state index >= 15 is 0 Å². The van der Waals surface area contributed by atoms with Crippen LogP contribution < -0.4 is 11.1 Å². The third-order valence-corrected chi connectivity index (χ3v) is 3.40. The van der Waals surface area contributed by atoms with E-state index in [1.165, 1.54) is 0 Å². The zero-order valence-corrected chi connectivity index (χ0v) is 9.11. The molecule has 0 saturated carbocycles. The Morgan fingerprint density at radius 3 is 2.93 bits per heavy atom. The summed E-state index contributed by atoms with van der Waals surface area (Å²) in [5, 5.41) is 2.85. The van der Waals surface area contributed by atoms with Crippen molar-refractivity contribution in [1.29, 1.82) is 0 Å². The van der Waals surface area contributed by atoms with Crippen molar-refractivity contribution in [3.05, 3.63) is 0 Å². The van der Waals surface area contributed by atoms with Crippen LogP contribution in [0.4, 0.5) is 4.79 Å². The van der Waals surface area contributed by atoms with Gasteiger partial charge >= 0.3 is 6.03 Å². The molecule has 86 valence electrons. The molecule has 0 aromatic carbocycles. The van der Waals surface area contributed by atoms with Crippen molar-refractivity contribution in [2.24, 2.45) is 5.73 Å². The molecule has 0 aliphatic carbocycles. The highest BCUT2D eigenvalue weighted by molar-refractivity contribution is 5.75. The van der Waals surface area contributed by atoms with Crippen LogP contribution in [0.3, 0.4) is 0 Å². The van der Waals surface area contributed by atoms with Crippen molar-refractivity contribution in [3.63, 3.8) is 0 Å². The van der Waals surface area contributed by atoms with Crippen LogP contribution in [0.2, 0.25) is 0 Å². The average Bonchev–Trinajstić information content (AvgIpc) is 2.74. The highest BCUT2D eigenvalue weighted by atomic mass is 16.5. The van der Waals surface area contributed by atoms with Gasteiger partial charge < -0.3 is 20.7 Å². The lowest BCUT2D eigenvalue weighted by Crippen LogP contribution is -2.46. The summed E-state index contributed by atoms with van der Waals surface area (Å²) in [4.78, 5) is 13.8. The molecule has 2 aliphatic heterocycles. The van der Waals surface area contributed by atoms with Crippen molar-refractivity contribution in [2.45, 2.75) is 37.4 Å². The van der Waals surface area contributed by atoms with Crippen molar-refractivity contribution < 1.29 is 9.53 Å². The summed E-state index contributed by atoms with van der Waals surface area (Å²) in [5.41, 5.74) is 5.96. The molecule has 5 heteroatoms. The summed E-state index contributed by atoms with van der Waals surface area (Å²) in [5.74, 6) is 0. The second kappa shape index (κ2) is 4.37. The minimum atomic E-state index is 0.0208. The maximum atomic E-state index is 11.8. The first-order valence-corrected chi connectivity index (χ1v) is 5.54. The van der Waals surface area contributed by atoms with Crippen molar-refractivity contribution in [2.75, 3.05) is 20.3 Å². The lowest BCUT2D eigenvalue weighted by Gasteiger charge is -2.23. The Labute approximate surface area is 89.9 Å². The summed E-state index contributed by atoms with van der Waals surface area (Å²) >= 11 is 0. The number of hydrogen-bond acceptors (Lipinski definition) is 3. The van der Waals surface area contributed by atoms with Crippen LogP contribution in [0.15, 0.2) is 0 Å². The summed E-state index contributed by atoms with van der Waals surface area (Å²) < 4.78 is 4.89. The second-order valence-corrected chi connectivity index (χ2v) is 4.33. The van der Waals surface area contributed by atoms with Gasteiger partial charge in [-0.05, 0) is 19.3 Å².